The Balaban J connectivity index is 1.88. The van der Waals surface area contributed by atoms with Gasteiger partial charge in [0.25, 0.3) is 0 Å². The van der Waals surface area contributed by atoms with Crippen LogP contribution in [0.5, 0.6) is 0 Å². The van der Waals surface area contributed by atoms with Crippen LogP contribution in [0.2, 0.25) is 0 Å². The van der Waals surface area contributed by atoms with Crippen molar-refractivity contribution in [3.63, 3.8) is 0 Å². The second kappa shape index (κ2) is 6.57. The third-order valence-electron chi connectivity index (χ3n) is 5.09. The molecule has 20 heavy (non-hydrogen) atoms. The van der Waals surface area contributed by atoms with Crippen molar-refractivity contribution < 1.29 is 9.59 Å². The van der Waals surface area contributed by atoms with E-state index in [4.69, 9.17) is 5.73 Å². The molecule has 0 radical (unpaired) electrons. The fourth-order valence-electron chi connectivity index (χ4n) is 3.81. The van der Waals surface area contributed by atoms with Crippen LogP contribution in [0.4, 0.5) is 0 Å². The highest BCUT2D eigenvalue weighted by Crippen LogP contribution is 2.42. The van der Waals surface area contributed by atoms with Crippen LogP contribution in [0.3, 0.4) is 0 Å². The van der Waals surface area contributed by atoms with Gasteiger partial charge in [0, 0.05) is 39.0 Å². The molecule has 0 spiro atoms. The van der Waals surface area contributed by atoms with Crippen LogP contribution < -0.4 is 11.1 Å². The molecule has 2 atom stereocenters. The van der Waals surface area contributed by atoms with Gasteiger partial charge in [-0.1, -0.05) is 6.42 Å². The molecule has 0 heterocycles. The lowest BCUT2D eigenvalue weighted by Gasteiger charge is -2.44. The van der Waals surface area contributed by atoms with Gasteiger partial charge in [-0.2, -0.15) is 0 Å². The molecule has 0 saturated heterocycles. The predicted octanol–water partition coefficient (Wildman–Crippen LogP) is 0.734. The van der Waals surface area contributed by atoms with Gasteiger partial charge in [0.2, 0.25) is 11.8 Å². The number of nitrogens with two attached hydrogens (primary N) is 1. The molecule has 2 saturated carbocycles. The number of carbonyl (C=O) groups excluding carboxylic acids is 2. The van der Waals surface area contributed by atoms with Gasteiger partial charge in [-0.15, -0.1) is 0 Å². The van der Waals surface area contributed by atoms with Crippen molar-refractivity contribution in [2.24, 2.45) is 23.5 Å². The lowest BCUT2D eigenvalue weighted by Crippen LogP contribution is -2.49. The van der Waals surface area contributed by atoms with Crippen molar-refractivity contribution in [3.8, 4) is 0 Å². The van der Waals surface area contributed by atoms with E-state index in [9.17, 15) is 9.59 Å². The summed E-state index contributed by atoms with van der Waals surface area (Å²) in [6, 6.07) is 0.295. The van der Waals surface area contributed by atoms with E-state index in [2.05, 4.69) is 5.32 Å². The number of hydrogen-bond donors (Lipinski definition) is 2. The summed E-state index contributed by atoms with van der Waals surface area (Å²) in [5, 5.41) is 2.58. The molecule has 0 aromatic carbocycles. The monoisotopic (exact) mass is 281 g/mol. The SMILES string of the molecule is CNC(=O)CCN(C)C(=O)C1CC2CCCC(C1)C2N. The summed E-state index contributed by atoms with van der Waals surface area (Å²) in [4.78, 5) is 25.5. The highest BCUT2D eigenvalue weighted by molar-refractivity contribution is 5.80. The zero-order valence-electron chi connectivity index (χ0n) is 12.6. The molecular formula is C15H27N3O2. The van der Waals surface area contributed by atoms with Crippen LogP contribution in [0.1, 0.15) is 38.5 Å². The number of carbonyl (C=O) groups is 2. The van der Waals surface area contributed by atoms with Crippen LogP contribution >= 0.6 is 0 Å². The average Bonchev–Trinajstić information content (AvgIpc) is 2.43. The van der Waals surface area contributed by atoms with E-state index in [0.29, 0.717) is 30.8 Å². The highest BCUT2D eigenvalue weighted by atomic mass is 16.2. The Labute approximate surface area is 121 Å². The van der Waals surface area contributed by atoms with Gasteiger partial charge >= 0.3 is 0 Å². The second-order valence-electron chi connectivity index (χ2n) is 6.38. The van der Waals surface area contributed by atoms with Gasteiger partial charge in [0.05, 0.1) is 0 Å². The number of nitrogens with zero attached hydrogens (tertiary/aromatic N) is 1. The maximum absolute atomic E-state index is 12.5. The Morgan fingerprint density at radius 2 is 1.85 bits per heavy atom. The van der Waals surface area contributed by atoms with Gasteiger partial charge in [0.1, 0.15) is 0 Å². The van der Waals surface area contributed by atoms with Crippen LogP contribution in [0, 0.1) is 17.8 Å². The summed E-state index contributed by atoms with van der Waals surface area (Å²) in [6.07, 6.45) is 5.84. The number of rotatable bonds is 4. The fraction of sp³-hybridized carbons (Fsp3) is 0.867. The molecule has 2 aliphatic rings. The standard InChI is InChI=1S/C15H27N3O2/c1-17-13(19)6-7-18(2)15(20)12-8-10-4-3-5-11(9-12)14(10)16/h10-12,14H,3-9,16H2,1-2H3,(H,17,19). The number of amides is 2. The number of nitrogens with one attached hydrogen (secondary N) is 1. The quantitative estimate of drug-likeness (QED) is 0.798. The first-order valence-electron chi connectivity index (χ1n) is 7.74. The molecule has 2 rings (SSSR count). The summed E-state index contributed by atoms with van der Waals surface area (Å²) in [5.41, 5.74) is 6.26. The molecule has 0 aromatic heterocycles. The van der Waals surface area contributed by atoms with Crippen molar-refractivity contribution in [1.82, 2.24) is 10.2 Å². The summed E-state index contributed by atoms with van der Waals surface area (Å²) < 4.78 is 0. The minimum atomic E-state index is -0.0211. The molecule has 0 aliphatic heterocycles. The lowest BCUT2D eigenvalue weighted by atomic mass is 9.65. The van der Waals surface area contributed by atoms with Crippen molar-refractivity contribution in [3.05, 3.63) is 0 Å². The van der Waals surface area contributed by atoms with Gasteiger partial charge in [-0.25, -0.2) is 0 Å². The van der Waals surface area contributed by atoms with Crippen LogP contribution in [-0.2, 0) is 9.59 Å². The van der Waals surface area contributed by atoms with Crippen molar-refractivity contribution in [1.29, 1.82) is 0 Å². The lowest BCUT2D eigenvalue weighted by molar-refractivity contribution is -0.137. The smallest absolute Gasteiger partial charge is 0.225 e. The van der Waals surface area contributed by atoms with Crippen LogP contribution in [0.25, 0.3) is 0 Å². The van der Waals surface area contributed by atoms with Crippen molar-refractivity contribution in [2.45, 2.75) is 44.6 Å². The zero-order chi connectivity index (χ0) is 14.7. The van der Waals surface area contributed by atoms with Gasteiger partial charge in [-0.3, -0.25) is 9.59 Å². The van der Waals surface area contributed by atoms with Gasteiger partial charge < -0.3 is 16.0 Å². The Morgan fingerprint density at radius 1 is 1.25 bits per heavy atom. The topological polar surface area (TPSA) is 75.4 Å². The van der Waals surface area contributed by atoms with Crippen LogP contribution in [-0.4, -0.2) is 43.4 Å². The van der Waals surface area contributed by atoms with E-state index < -0.39 is 0 Å². The fourth-order valence-corrected chi connectivity index (χ4v) is 3.81. The number of fused-ring (bicyclic) bond motifs is 2. The average molecular weight is 281 g/mol. The summed E-state index contributed by atoms with van der Waals surface area (Å²) in [7, 11) is 3.42. The summed E-state index contributed by atoms with van der Waals surface area (Å²) in [6.45, 7) is 0.496. The van der Waals surface area contributed by atoms with E-state index in [1.165, 1.54) is 19.3 Å². The number of hydrogen-bond acceptors (Lipinski definition) is 3. The van der Waals surface area contributed by atoms with E-state index in [0.717, 1.165) is 12.8 Å². The first kappa shape index (κ1) is 15.3. The van der Waals surface area contributed by atoms with E-state index in [1.54, 1.807) is 19.0 Å². The molecule has 114 valence electrons. The van der Waals surface area contributed by atoms with E-state index in [-0.39, 0.29) is 17.7 Å². The van der Waals surface area contributed by atoms with Crippen LogP contribution in [0.15, 0.2) is 0 Å². The third kappa shape index (κ3) is 3.32. The molecule has 2 fully saturated rings. The Bertz CT molecular complexity index is 358. The molecule has 2 unspecified atom stereocenters. The molecule has 5 nitrogen and oxygen atoms in total. The Kier molecular flexibility index (Phi) is 5.02. The van der Waals surface area contributed by atoms with Crippen molar-refractivity contribution in [2.75, 3.05) is 20.6 Å². The summed E-state index contributed by atoms with van der Waals surface area (Å²) in [5.74, 6) is 1.32. The molecule has 0 aromatic rings. The zero-order valence-corrected chi connectivity index (χ0v) is 12.6. The Morgan fingerprint density at radius 3 is 2.40 bits per heavy atom. The second-order valence-corrected chi connectivity index (χ2v) is 6.38. The van der Waals surface area contributed by atoms with Crippen molar-refractivity contribution >= 4 is 11.8 Å². The molecule has 2 amide bonds. The summed E-state index contributed by atoms with van der Waals surface area (Å²) >= 11 is 0. The maximum atomic E-state index is 12.5. The maximum Gasteiger partial charge on any atom is 0.225 e. The largest absolute Gasteiger partial charge is 0.359 e. The first-order chi connectivity index (χ1) is 9.52. The molecule has 2 bridgehead atoms. The minimum Gasteiger partial charge on any atom is -0.359 e. The normalized spacial score (nSPS) is 32.5. The van der Waals surface area contributed by atoms with Gasteiger partial charge in [-0.05, 0) is 37.5 Å². The molecule has 5 heteroatoms. The third-order valence-corrected chi connectivity index (χ3v) is 5.09. The van der Waals surface area contributed by atoms with E-state index >= 15 is 0 Å². The highest BCUT2D eigenvalue weighted by Gasteiger charge is 2.41. The Hall–Kier alpha value is -1.10. The molecular weight excluding hydrogens is 254 g/mol. The minimum absolute atomic E-state index is 0.0211. The van der Waals surface area contributed by atoms with E-state index in [1.807, 2.05) is 0 Å². The molecule has 3 N–H and O–H groups in total. The molecule has 2 aliphatic carbocycles. The predicted molar refractivity (Wildman–Crippen MR) is 77.9 cm³/mol. The first-order valence-corrected chi connectivity index (χ1v) is 7.74. The van der Waals surface area contributed by atoms with Gasteiger partial charge in [0.15, 0.2) is 0 Å².